The van der Waals surface area contributed by atoms with Gasteiger partial charge in [-0.1, -0.05) is 29.8 Å². The molecule has 2 aliphatic heterocycles. The predicted molar refractivity (Wildman–Crippen MR) is 88.6 cm³/mol. The van der Waals surface area contributed by atoms with Gasteiger partial charge in [0.2, 0.25) is 0 Å². The van der Waals surface area contributed by atoms with E-state index in [0.29, 0.717) is 6.04 Å². The van der Waals surface area contributed by atoms with Crippen LogP contribution in [0.25, 0.3) is 0 Å². The normalized spacial score (nSPS) is 28.5. The fourth-order valence-electron chi connectivity index (χ4n) is 3.97. The molecule has 0 radical (unpaired) electrons. The van der Waals surface area contributed by atoms with Gasteiger partial charge in [-0.25, -0.2) is 0 Å². The van der Waals surface area contributed by atoms with Gasteiger partial charge in [-0.3, -0.25) is 9.80 Å². The van der Waals surface area contributed by atoms with Gasteiger partial charge in [0.05, 0.1) is 0 Å². The summed E-state index contributed by atoms with van der Waals surface area (Å²) in [6, 6.07) is 11.0. The molecule has 0 saturated carbocycles. The molecular weight excluding hydrogens is 258 g/mol. The molecule has 2 aliphatic rings. The first-order valence-electron chi connectivity index (χ1n) is 8.35. The topological polar surface area (TPSA) is 18.5 Å². The molecular formula is C18H29N3. The Bertz CT molecular complexity index is 456. The third-order valence-corrected chi connectivity index (χ3v) is 5.50. The van der Waals surface area contributed by atoms with Crippen LogP contribution >= 0.6 is 0 Å². The fourth-order valence-corrected chi connectivity index (χ4v) is 3.97. The standard InChI is InChI=1S/C18H29N3/c1-14-4-6-15(7-5-14)18(19-2)13-21-11-10-16-8-9-17(12-21)20(16)3/h4-7,16-19H,8-13H2,1-3H3. The van der Waals surface area contributed by atoms with Gasteiger partial charge in [-0.2, -0.15) is 0 Å². The molecule has 0 aliphatic carbocycles. The van der Waals surface area contributed by atoms with Gasteiger partial charge in [0.1, 0.15) is 0 Å². The Labute approximate surface area is 129 Å². The van der Waals surface area contributed by atoms with Crippen molar-refractivity contribution in [1.82, 2.24) is 15.1 Å². The van der Waals surface area contributed by atoms with E-state index in [1.165, 1.54) is 43.5 Å². The quantitative estimate of drug-likeness (QED) is 0.917. The number of likely N-dealkylation sites (N-methyl/N-ethyl adjacent to an activating group) is 2. The van der Waals surface area contributed by atoms with Crippen LogP contribution in [0.4, 0.5) is 0 Å². The van der Waals surface area contributed by atoms with Crippen LogP contribution < -0.4 is 5.32 Å². The molecule has 1 aromatic rings. The number of fused-ring (bicyclic) bond motifs is 2. The van der Waals surface area contributed by atoms with Gasteiger partial charge in [0.25, 0.3) is 0 Å². The van der Waals surface area contributed by atoms with Crippen LogP contribution in [0.5, 0.6) is 0 Å². The summed E-state index contributed by atoms with van der Waals surface area (Å²) in [5.74, 6) is 0. The first kappa shape index (κ1) is 15.0. The average Bonchev–Trinajstić information content (AvgIpc) is 2.73. The molecule has 3 atom stereocenters. The number of nitrogens with one attached hydrogen (secondary N) is 1. The van der Waals surface area contributed by atoms with Crippen LogP contribution in [0.1, 0.15) is 36.4 Å². The van der Waals surface area contributed by atoms with Crippen molar-refractivity contribution in [2.45, 2.75) is 44.3 Å². The lowest BCUT2D eigenvalue weighted by Crippen LogP contribution is -2.40. The molecule has 2 heterocycles. The number of likely N-dealkylation sites (tertiary alicyclic amines) is 1. The van der Waals surface area contributed by atoms with Crippen LogP contribution in [-0.2, 0) is 0 Å². The number of benzene rings is 1. The second-order valence-corrected chi connectivity index (χ2v) is 6.85. The Balaban J connectivity index is 1.65. The molecule has 116 valence electrons. The first-order chi connectivity index (χ1) is 10.2. The molecule has 2 bridgehead atoms. The van der Waals surface area contributed by atoms with E-state index < -0.39 is 0 Å². The van der Waals surface area contributed by atoms with Crippen molar-refractivity contribution < 1.29 is 0 Å². The van der Waals surface area contributed by atoms with Crippen LogP contribution in [0.15, 0.2) is 24.3 Å². The number of hydrogen-bond donors (Lipinski definition) is 1. The van der Waals surface area contributed by atoms with Gasteiger partial charge in [0.15, 0.2) is 0 Å². The Morgan fingerprint density at radius 3 is 2.57 bits per heavy atom. The van der Waals surface area contributed by atoms with Crippen molar-refractivity contribution in [3.05, 3.63) is 35.4 Å². The average molecular weight is 287 g/mol. The van der Waals surface area contributed by atoms with Crippen LogP contribution in [0, 0.1) is 6.92 Å². The minimum absolute atomic E-state index is 0.438. The molecule has 3 nitrogen and oxygen atoms in total. The summed E-state index contributed by atoms with van der Waals surface area (Å²) < 4.78 is 0. The summed E-state index contributed by atoms with van der Waals surface area (Å²) >= 11 is 0. The van der Waals surface area contributed by atoms with Crippen LogP contribution in [0.3, 0.4) is 0 Å². The van der Waals surface area contributed by atoms with Gasteiger partial charge < -0.3 is 5.32 Å². The van der Waals surface area contributed by atoms with E-state index in [1.54, 1.807) is 0 Å². The maximum Gasteiger partial charge on any atom is 0.0446 e. The highest BCUT2D eigenvalue weighted by atomic mass is 15.3. The van der Waals surface area contributed by atoms with E-state index in [2.05, 4.69) is 60.4 Å². The number of aryl methyl sites for hydroxylation is 1. The zero-order valence-electron chi connectivity index (χ0n) is 13.7. The minimum atomic E-state index is 0.438. The third-order valence-electron chi connectivity index (χ3n) is 5.50. The van der Waals surface area contributed by atoms with Crippen molar-refractivity contribution in [3.8, 4) is 0 Å². The largest absolute Gasteiger partial charge is 0.312 e. The summed E-state index contributed by atoms with van der Waals surface area (Å²) in [5, 5.41) is 3.51. The molecule has 0 amide bonds. The van der Waals surface area contributed by atoms with Crippen LogP contribution in [-0.4, -0.2) is 55.6 Å². The fraction of sp³-hybridized carbons (Fsp3) is 0.667. The smallest absolute Gasteiger partial charge is 0.0446 e. The molecule has 0 aromatic heterocycles. The van der Waals surface area contributed by atoms with Gasteiger partial charge in [0, 0.05) is 31.2 Å². The molecule has 3 unspecified atom stereocenters. The van der Waals surface area contributed by atoms with Gasteiger partial charge in [-0.05, 0) is 52.4 Å². The molecule has 2 fully saturated rings. The Morgan fingerprint density at radius 2 is 1.86 bits per heavy atom. The van der Waals surface area contributed by atoms with Crippen LogP contribution in [0.2, 0.25) is 0 Å². The van der Waals surface area contributed by atoms with E-state index in [-0.39, 0.29) is 0 Å². The molecule has 2 saturated heterocycles. The highest BCUT2D eigenvalue weighted by Gasteiger charge is 2.34. The van der Waals surface area contributed by atoms with E-state index >= 15 is 0 Å². The zero-order chi connectivity index (χ0) is 14.8. The summed E-state index contributed by atoms with van der Waals surface area (Å²) in [5.41, 5.74) is 2.74. The van der Waals surface area contributed by atoms with Crippen molar-refractivity contribution in [3.63, 3.8) is 0 Å². The SMILES string of the molecule is CNC(CN1CCC2CCC(C1)N2C)c1ccc(C)cc1. The van der Waals surface area contributed by atoms with E-state index in [0.717, 1.165) is 18.6 Å². The maximum absolute atomic E-state index is 3.51. The molecule has 3 rings (SSSR count). The summed E-state index contributed by atoms with van der Waals surface area (Å²) in [6.45, 7) is 5.75. The molecule has 1 aromatic carbocycles. The number of rotatable bonds is 4. The van der Waals surface area contributed by atoms with E-state index in [4.69, 9.17) is 0 Å². The van der Waals surface area contributed by atoms with Crippen molar-refractivity contribution in [2.24, 2.45) is 0 Å². The number of hydrogen-bond acceptors (Lipinski definition) is 3. The van der Waals surface area contributed by atoms with E-state index in [1.807, 2.05) is 0 Å². The Hall–Kier alpha value is -0.900. The molecule has 1 N–H and O–H groups in total. The summed E-state index contributed by atoms with van der Waals surface area (Å²) in [7, 11) is 4.40. The monoisotopic (exact) mass is 287 g/mol. The third kappa shape index (κ3) is 3.31. The van der Waals surface area contributed by atoms with Gasteiger partial charge >= 0.3 is 0 Å². The lowest BCUT2D eigenvalue weighted by molar-refractivity contribution is 0.207. The summed E-state index contributed by atoms with van der Waals surface area (Å²) in [4.78, 5) is 5.29. The second kappa shape index (κ2) is 6.47. The second-order valence-electron chi connectivity index (χ2n) is 6.85. The molecule has 3 heteroatoms. The van der Waals surface area contributed by atoms with Crippen molar-refractivity contribution >= 4 is 0 Å². The van der Waals surface area contributed by atoms with Crippen molar-refractivity contribution in [1.29, 1.82) is 0 Å². The Morgan fingerprint density at radius 1 is 1.14 bits per heavy atom. The Kier molecular flexibility index (Phi) is 4.63. The maximum atomic E-state index is 3.51. The zero-order valence-corrected chi connectivity index (χ0v) is 13.7. The first-order valence-corrected chi connectivity index (χ1v) is 8.35. The lowest BCUT2D eigenvalue weighted by atomic mass is 10.0. The molecule has 0 spiro atoms. The predicted octanol–water partition coefficient (Wildman–Crippen LogP) is 2.42. The highest BCUT2D eigenvalue weighted by molar-refractivity contribution is 5.24. The van der Waals surface area contributed by atoms with E-state index in [9.17, 15) is 0 Å². The van der Waals surface area contributed by atoms with Crippen molar-refractivity contribution in [2.75, 3.05) is 33.7 Å². The summed E-state index contributed by atoms with van der Waals surface area (Å²) in [6.07, 6.45) is 4.12. The minimum Gasteiger partial charge on any atom is -0.312 e. The highest BCUT2D eigenvalue weighted by Crippen LogP contribution is 2.29. The van der Waals surface area contributed by atoms with Gasteiger partial charge in [-0.15, -0.1) is 0 Å². The lowest BCUT2D eigenvalue weighted by Gasteiger charge is -2.29. The number of nitrogens with zero attached hydrogens (tertiary/aromatic N) is 2. The molecule has 21 heavy (non-hydrogen) atoms.